The highest BCUT2D eigenvalue weighted by atomic mass is 35.5. The Hall–Kier alpha value is 0.290. The van der Waals surface area contributed by atoms with Crippen LogP contribution < -0.4 is 0 Å². The molecule has 0 N–H and O–H groups in total. The van der Waals surface area contributed by atoms with Gasteiger partial charge in [0.2, 0.25) is 10.0 Å². The summed E-state index contributed by atoms with van der Waals surface area (Å²) in [5.41, 5.74) is 0. The molecule has 17 heavy (non-hydrogen) atoms. The van der Waals surface area contributed by atoms with Crippen LogP contribution in [-0.2, 0) is 10.0 Å². The summed E-state index contributed by atoms with van der Waals surface area (Å²) in [7, 11) is -2.28. The van der Waals surface area contributed by atoms with Crippen molar-refractivity contribution < 1.29 is 8.42 Å². The van der Waals surface area contributed by atoms with E-state index in [1.54, 1.807) is 0 Å². The Morgan fingerprint density at radius 2 is 1.76 bits per heavy atom. The summed E-state index contributed by atoms with van der Waals surface area (Å²) in [6.45, 7) is 0.181. The molecule has 0 aliphatic heterocycles. The molecule has 0 amide bonds. The molecule has 0 unspecified atom stereocenters. The first-order chi connectivity index (χ1) is 7.82. The minimum Gasteiger partial charge on any atom is -0.207 e. The van der Waals surface area contributed by atoms with Crippen molar-refractivity contribution in [1.82, 2.24) is 4.31 Å². The van der Waals surface area contributed by atoms with Crippen LogP contribution in [0.25, 0.3) is 0 Å². The summed E-state index contributed by atoms with van der Waals surface area (Å²) in [5.74, 6) is 0.189. The van der Waals surface area contributed by atoms with Crippen LogP contribution in [0, 0.1) is 0 Å². The summed E-state index contributed by atoms with van der Waals surface area (Å²) in [5, 5.41) is 0.143. The number of hydrogen-bond acceptors (Lipinski definition) is 2. The Bertz CT molecular complexity index is 518. The fourth-order valence-electron chi connectivity index (χ4n) is 1.11. The second-order valence-electron chi connectivity index (χ2n) is 3.19. The average molecular weight is 337 g/mol. The van der Waals surface area contributed by atoms with E-state index in [2.05, 4.69) is 0 Å². The van der Waals surface area contributed by atoms with Gasteiger partial charge >= 0.3 is 0 Å². The van der Waals surface area contributed by atoms with E-state index in [9.17, 15) is 8.42 Å². The third kappa shape index (κ3) is 3.19. The highest BCUT2D eigenvalue weighted by Gasteiger charge is 2.25. The number of nitrogens with zero attached hydrogens (tertiary/aromatic N) is 1. The molecule has 8 heteroatoms. The molecule has 0 saturated heterocycles. The van der Waals surface area contributed by atoms with E-state index in [1.807, 2.05) is 0 Å². The smallest absolute Gasteiger partial charge is 0.207 e. The van der Waals surface area contributed by atoms with E-state index in [0.717, 1.165) is 4.31 Å². The predicted molar refractivity (Wildman–Crippen MR) is 72.0 cm³/mol. The first-order valence-electron chi connectivity index (χ1n) is 4.48. The summed E-state index contributed by atoms with van der Waals surface area (Å²) >= 11 is 22.9. The minimum absolute atomic E-state index is 0.0219. The summed E-state index contributed by atoms with van der Waals surface area (Å²) < 4.78 is 25.3. The molecule has 0 saturated carbocycles. The zero-order valence-electron chi connectivity index (χ0n) is 8.75. The zero-order chi connectivity index (χ0) is 13.2. The van der Waals surface area contributed by atoms with Gasteiger partial charge in [-0.05, 0) is 12.1 Å². The molecule has 0 aliphatic carbocycles. The van der Waals surface area contributed by atoms with Crippen molar-refractivity contribution in [2.24, 2.45) is 0 Å². The minimum atomic E-state index is -3.70. The molecule has 0 atom stereocenters. The predicted octanol–water partition coefficient (Wildman–Crippen LogP) is 3.51. The molecule has 0 radical (unpaired) electrons. The molecular formula is C9H9Cl4NO2S. The normalized spacial score (nSPS) is 12.1. The lowest BCUT2D eigenvalue weighted by Crippen LogP contribution is -2.29. The van der Waals surface area contributed by atoms with Crippen molar-refractivity contribution in [2.75, 3.05) is 19.5 Å². The molecule has 3 nitrogen and oxygen atoms in total. The van der Waals surface area contributed by atoms with Crippen molar-refractivity contribution in [1.29, 1.82) is 0 Å². The van der Waals surface area contributed by atoms with Gasteiger partial charge in [0, 0.05) is 19.5 Å². The first-order valence-corrected chi connectivity index (χ1v) is 7.59. The van der Waals surface area contributed by atoms with Gasteiger partial charge in [-0.25, -0.2) is 8.42 Å². The maximum absolute atomic E-state index is 12.1. The molecule has 1 aromatic rings. The number of alkyl halides is 1. The Kier molecular flexibility index (Phi) is 5.38. The van der Waals surface area contributed by atoms with E-state index in [0.29, 0.717) is 0 Å². The molecular weight excluding hydrogens is 328 g/mol. The van der Waals surface area contributed by atoms with Crippen LogP contribution >= 0.6 is 46.4 Å². The van der Waals surface area contributed by atoms with Gasteiger partial charge in [0.15, 0.2) is 0 Å². The van der Waals surface area contributed by atoms with Crippen LogP contribution in [0.15, 0.2) is 17.0 Å². The number of rotatable bonds is 4. The SMILES string of the molecule is CN(CCCl)S(=O)(=O)c1ccc(Cl)c(Cl)c1Cl. The Labute approximate surface area is 120 Å². The van der Waals surface area contributed by atoms with Crippen LogP contribution in [0.4, 0.5) is 0 Å². The van der Waals surface area contributed by atoms with E-state index in [4.69, 9.17) is 46.4 Å². The van der Waals surface area contributed by atoms with E-state index in [1.165, 1.54) is 19.2 Å². The highest BCUT2D eigenvalue weighted by Crippen LogP contribution is 2.35. The summed E-state index contributed by atoms with van der Waals surface area (Å²) in [4.78, 5) is -0.0822. The van der Waals surface area contributed by atoms with Crippen molar-refractivity contribution in [3.8, 4) is 0 Å². The van der Waals surface area contributed by atoms with Gasteiger partial charge in [-0.1, -0.05) is 34.8 Å². The zero-order valence-corrected chi connectivity index (χ0v) is 12.6. The van der Waals surface area contributed by atoms with Crippen LogP contribution in [0.1, 0.15) is 0 Å². The summed E-state index contributed by atoms with van der Waals surface area (Å²) in [6.07, 6.45) is 0. The van der Waals surface area contributed by atoms with Crippen LogP contribution in [0.3, 0.4) is 0 Å². The van der Waals surface area contributed by atoms with Crippen LogP contribution in [0.2, 0.25) is 15.1 Å². The van der Waals surface area contributed by atoms with Crippen LogP contribution in [0.5, 0.6) is 0 Å². The lowest BCUT2D eigenvalue weighted by Gasteiger charge is -2.17. The van der Waals surface area contributed by atoms with E-state index >= 15 is 0 Å². The van der Waals surface area contributed by atoms with Gasteiger partial charge in [0.25, 0.3) is 0 Å². The number of hydrogen-bond donors (Lipinski definition) is 0. The average Bonchev–Trinajstić information content (AvgIpc) is 2.26. The maximum atomic E-state index is 12.1. The maximum Gasteiger partial charge on any atom is 0.244 e. The molecule has 0 fully saturated rings. The number of sulfonamides is 1. The fraction of sp³-hybridized carbons (Fsp3) is 0.333. The molecule has 1 rings (SSSR count). The lowest BCUT2D eigenvalue weighted by atomic mass is 10.4. The van der Waals surface area contributed by atoms with E-state index in [-0.39, 0.29) is 32.4 Å². The number of benzene rings is 1. The lowest BCUT2D eigenvalue weighted by molar-refractivity contribution is 0.488. The Morgan fingerprint density at radius 1 is 1.18 bits per heavy atom. The van der Waals surface area contributed by atoms with Gasteiger partial charge in [-0.3, -0.25) is 0 Å². The first kappa shape index (κ1) is 15.3. The monoisotopic (exact) mass is 335 g/mol. The topological polar surface area (TPSA) is 37.4 Å². The third-order valence-electron chi connectivity index (χ3n) is 2.09. The molecule has 0 heterocycles. The highest BCUT2D eigenvalue weighted by molar-refractivity contribution is 7.89. The van der Waals surface area contributed by atoms with Crippen LogP contribution in [-0.4, -0.2) is 32.2 Å². The molecule has 1 aromatic carbocycles. The molecule has 0 aromatic heterocycles. The molecule has 96 valence electrons. The van der Waals surface area contributed by atoms with Gasteiger partial charge in [0.05, 0.1) is 15.1 Å². The van der Waals surface area contributed by atoms with Crippen molar-refractivity contribution in [2.45, 2.75) is 4.90 Å². The van der Waals surface area contributed by atoms with Gasteiger partial charge in [0.1, 0.15) is 4.90 Å². The molecule has 0 spiro atoms. The van der Waals surface area contributed by atoms with Gasteiger partial charge in [-0.15, -0.1) is 11.6 Å². The molecule has 0 bridgehead atoms. The van der Waals surface area contributed by atoms with Gasteiger partial charge in [-0.2, -0.15) is 4.31 Å². The van der Waals surface area contributed by atoms with E-state index < -0.39 is 10.0 Å². The summed E-state index contributed by atoms with van der Waals surface area (Å²) in [6, 6.07) is 2.70. The number of halogens is 4. The molecule has 0 aliphatic rings. The Balaban J connectivity index is 3.30. The standard InChI is InChI=1S/C9H9Cl4NO2S/c1-14(5-4-10)17(15,16)7-3-2-6(11)8(12)9(7)13/h2-3H,4-5H2,1H3. The quantitative estimate of drug-likeness (QED) is 0.623. The third-order valence-corrected chi connectivity index (χ3v) is 5.56. The second kappa shape index (κ2) is 5.95. The fourth-order valence-corrected chi connectivity index (χ4v) is 3.59. The van der Waals surface area contributed by atoms with Gasteiger partial charge < -0.3 is 0 Å². The van der Waals surface area contributed by atoms with Crippen molar-refractivity contribution >= 4 is 56.4 Å². The van der Waals surface area contributed by atoms with Crippen molar-refractivity contribution in [3.05, 3.63) is 27.2 Å². The Morgan fingerprint density at radius 3 is 2.29 bits per heavy atom. The second-order valence-corrected chi connectivity index (χ2v) is 6.74. The van der Waals surface area contributed by atoms with Crippen molar-refractivity contribution in [3.63, 3.8) is 0 Å². The largest absolute Gasteiger partial charge is 0.244 e.